The molecule has 0 amide bonds. The topological polar surface area (TPSA) is 30.5 Å². The van der Waals surface area contributed by atoms with Crippen molar-refractivity contribution in [2.24, 2.45) is 5.41 Å². The number of halogens is 1. The molecular weight excluding hydrogens is 426 g/mol. The van der Waals surface area contributed by atoms with Gasteiger partial charge in [0.05, 0.1) is 11.1 Å². The van der Waals surface area contributed by atoms with Crippen LogP contribution in [0.2, 0.25) is 0 Å². The maximum atomic E-state index is 6.12. The van der Waals surface area contributed by atoms with Gasteiger partial charge in [-0.05, 0) is 78.7 Å². The summed E-state index contributed by atoms with van der Waals surface area (Å²) in [6.07, 6.45) is 1.09. The molecule has 0 atom stereocenters. The van der Waals surface area contributed by atoms with Crippen molar-refractivity contribution in [2.45, 2.75) is 73.6 Å². The summed E-state index contributed by atoms with van der Waals surface area (Å²) in [5.74, 6) is 1.53. The maximum absolute atomic E-state index is 6.12. The fourth-order valence-corrected chi connectivity index (χ4v) is 4.30. The van der Waals surface area contributed by atoms with Crippen LogP contribution in [0.15, 0.2) is 40.9 Å². The van der Waals surface area contributed by atoms with E-state index in [1.165, 1.54) is 11.1 Å². The van der Waals surface area contributed by atoms with Crippen molar-refractivity contribution in [1.82, 2.24) is 5.32 Å². The van der Waals surface area contributed by atoms with Crippen molar-refractivity contribution < 1.29 is 9.47 Å². The van der Waals surface area contributed by atoms with Gasteiger partial charge in [-0.1, -0.05) is 50.6 Å². The van der Waals surface area contributed by atoms with E-state index in [0.717, 1.165) is 34.5 Å². The Bertz CT molecular complexity index is 792. The van der Waals surface area contributed by atoms with E-state index in [0.29, 0.717) is 13.2 Å². The first kappa shape index (κ1) is 23.8. The van der Waals surface area contributed by atoms with E-state index in [2.05, 4.69) is 99.2 Å². The molecule has 0 heterocycles. The molecule has 0 aliphatic heterocycles. The Morgan fingerprint density at radius 1 is 0.931 bits per heavy atom. The summed E-state index contributed by atoms with van der Waals surface area (Å²) in [6.45, 7) is 17.3. The lowest BCUT2D eigenvalue weighted by molar-refractivity contribution is 0.240. The number of rotatable bonds is 9. The van der Waals surface area contributed by atoms with Gasteiger partial charge < -0.3 is 14.8 Å². The fourth-order valence-electron chi connectivity index (χ4n) is 3.70. The van der Waals surface area contributed by atoms with Crippen LogP contribution in [0.1, 0.15) is 64.7 Å². The molecule has 0 radical (unpaired) electrons. The predicted octanol–water partition coefficient (Wildman–Crippen LogP) is 7.04. The number of aryl methyl sites for hydroxylation is 1. The van der Waals surface area contributed by atoms with Gasteiger partial charge in [0.2, 0.25) is 0 Å². The normalized spacial score (nSPS) is 12.1. The second kappa shape index (κ2) is 9.99. The molecule has 2 aromatic rings. The third kappa shape index (κ3) is 8.02. The molecular formula is C25H36BrNO2. The number of hydrogen-bond acceptors (Lipinski definition) is 3. The lowest BCUT2D eigenvalue weighted by Gasteiger charge is -2.33. The first-order valence-corrected chi connectivity index (χ1v) is 11.2. The lowest BCUT2D eigenvalue weighted by atomic mass is 9.82. The van der Waals surface area contributed by atoms with Crippen LogP contribution in [0.5, 0.6) is 11.5 Å². The summed E-state index contributed by atoms with van der Waals surface area (Å²) in [4.78, 5) is 0. The summed E-state index contributed by atoms with van der Waals surface area (Å²) < 4.78 is 12.9. The van der Waals surface area contributed by atoms with E-state index in [-0.39, 0.29) is 11.0 Å². The van der Waals surface area contributed by atoms with Gasteiger partial charge in [-0.2, -0.15) is 0 Å². The highest BCUT2D eigenvalue weighted by molar-refractivity contribution is 9.10. The highest BCUT2D eigenvalue weighted by Gasteiger charge is 2.25. The van der Waals surface area contributed by atoms with E-state index in [4.69, 9.17) is 9.47 Å². The molecule has 0 unspecified atom stereocenters. The minimum atomic E-state index is 0.0527. The standard InChI is InChI=1S/C25H36BrNO2/c1-8-28-22-14-20(15-27-25(6,7)17-24(3,4)5)13-21(26)23(22)29-16-19-11-9-18(2)10-12-19/h9-14,27H,8,15-17H2,1-7H3. The van der Waals surface area contributed by atoms with Crippen LogP contribution in [0.4, 0.5) is 0 Å². The zero-order valence-corrected chi connectivity index (χ0v) is 20.6. The van der Waals surface area contributed by atoms with Gasteiger partial charge in [-0.3, -0.25) is 0 Å². The van der Waals surface area contributed by atoms with Crippen LogP contribution in [-0.4, -0.2) is 12.1 Å². The molecule has 2 rings (SSSR count). The van der Waals surface area contributed by atoms with E-state index in [9.17, 15) is 0 Å². The Kier molecular flexibility index (Phi) is 8.18. The first-order chi connectivity index (χ1) is 13.5. The molecule has 29 heavy (non-hydrogen) atoms. The Morgan fingerprint density at radius 2 is 1.59 bits per heavy atom. The van der Waals surface area contributed by atoms with Crippen LogP contribution >= 0.6 is 15.9 Å². The average Bonchev–Trinajstić information content (AvgIpc) is 2.59. The molecule has 0 aliphatic rings. The van der Waals surface area contributed by atoms with Crippen molar-refractivity contribution in [2.75, 3.05) is 6.61 Å². The molecule has 160 valence electrons. The minimum absolute atomic E-state index is 0.0527. The fraction of sp³-hybridized carbons (Fsp3) is 0.520. The third-order valence-electron chi connectivity index (χ3n) is 4.62. The summed E-state index contributed by atoms with van der Waals surface area (Å²) >= 11 is 3.69. The largest absolute Gasteiger partial charge is 0.490 e. The second-order valence-electron chi connectivity index (χ2n) is 9.59. The molecule has 0 spiro atoms. The highest BCUT2D eigenvalue weighted by atomic mass is 79.9. The number of nitrogens with one attached hydrogen (secondary N) is 1. The van der Waals surface area contributed by atoms with E-state index < -0.39 is 0 Å². The molecule has 0 saturated carbocycles. The van der Waals surface area contributed by atoms with Gasteiger partial charge in [0.1, 0.15) is 6.61 Å². The molecule has 0 bridgehead atoms. The number of benzene rings is 2. The number of ether oxygens (including phenoxy) is 2. The van der Waals surface area contributed by atoms with Gasteiger partial charge in [-0.25, -0.2) is 0 Å². The monoisotopic (exact) mass is 461 g/mol. The maximum Gasteiger partial charge on any atom is 0.175 e. The Morgan fingerprint density at radius 3 is 2.17 bits per heavy atom. The zero-order valence-electron chi connectivity index (χ0n) is 19.0. The lowest BCUT2D eigenvalue weighted by Crippen LogP contribution is -2.41. The molecule has 0 fully saturated rings. The molecule has 0 aromatic heterocycles. The second-order valence-corrected chi connectivity index (χ2v) is 10.4. The number of hydrogen-bond donors (Lipinski definition) is 1. The van der Waals surface area contributed by atoms with Crippen LogP contribution < -0.4 is 14.8 Å². The predicted molar refractivity (Wildman–Crippen MR) is 126 cm³/mol. The molecule has 3 nitrogen and oxygen atoms in total. The van der Waals surface area contributed by atoms with Gasteiger partial charge in [0.25, 0.3) is 0 Å². The van der Waals surface area contributed by atoms with Crippen molar-refractivity contribution in [1.29, 1.82) is 0 Å². The Labute approximate surface area is 185 Å². The van der Waals surface area contributed by atoms with Crippen molar-refractivity contribution in [3.63, 3.8) is 0 Å². The van der Waals surface area contributed by atoms with Gasteiger partial charge in [0, 0.05) is 12.1 Å². The van der Waals surface area contributed by atoms with Crippen LogP contribution in [0.3, 0.4) is 0 Å². The van der Waals surface area contributed by atoms with Gasteiger partial charge in [0.15, 0.2) is 11.5 Å². The van der Waals surface area contributed by atoms with Crippen molar-refractivity contribution >= 4 is 15.9 Å². The van der Waals surface area contributed by atoms with Crippen molar-refractivity contribution in [3.8, 4) is 11.5 Å². The van der Waals surface area contributed by atoms with E-state index in [1.54, 1.807) is 0 Å². The minimum Gasteiger partial charge on any atom is -0.490 e. The summed E-state index contributed by atoms with van der Waals surface area (Å²) in [5.41, 5.74) is 3.89. The van der Waals surface area contributed by atoms with Crippen LogP contribution in [0.25, 0.3) is 0 Å². The third-order valence-corrected chi connectivity index (χ3v) is 5.21. The van der Waals surface area contributed by atoms with E-state index in [1.807, 2.05) is 6.92 Å². The average molecular weight is 462 g/mol. The molecule has 2 aromatic carbocycles. The van der Waals surface area contributed by atoms with Crippen LogP contribution in [-0.2, 0) is 13.2 Å². The van der Waals surface area contributed by atoms with Gasteiger partial charge in [-0.15, -0.1) is 0 Å². The Hall–Kier alpha value is -1.52. The summed E-state index contributed by atoms with van der Waals surface area (Å²) in [6, 6.07) is 12.6. The Balaban J connectivity index is 2.13. The van der Waals surface area contributed by atoms with Crippen LogP contribution in [0, 0.1) is 12.3 Å². The molecule has 0 aliphatic carbocycles. The first-order valence-electron chi connectivity index (χ1n) is 10.4. The summed E-state index contributed by atoms with van der Waals surface area (Å²) in [7, 11) is 0. The molecule has 4 heteroatoms. The molecule has 1 N–H and O–H groups in total. The quantitative estimate of drug-likeness (QED) is 0.434. The SMILES string of the molecule is CCOc1cc(CNC(C)(C)CC(C)(C)C)cc(Br)c1OCc1ccc(C)cc1. The summed E-state index contributed by atoms with van der Waals surface area (Å²) in [5, 5.41) is 3.69. The van der Waals surface area contributed by atoms with Crippen molar-refractivity contribution in [3.05, 3.63) is 57.6 Å². The van der Waals surface area contributed by atoms with E-state index >= 15 is 0 Å². The zero-order chi connectivity index (χ0) is 21.7. The molecule has 0 saturated heterocycles. The smallest absolute Gasteiger partial charge is 0.175 e. The van der Waals surface area contributed by atoms with Gasteiger partial charge >= 0.3 is 0 Å². The highest BCUT2D eigenvalue weighted by Crippen LogP contribution is 2.38.